The molecule has 0 radical (unpaired) electrons. The third-order valence-corrected chi connectivity index (χ3v) is 3.35. The van der Waals surface area contributed by atoms with E-state index in [0.29, 0.717) is 4.47 Å². The Hall–Kier alpha value is -2.55. The van der Waals surface area contributed by atoms with Crippen LogP contribution in [0.1, 0.15) is 10.4 Å². The Morgan fingerprint density at radius 2 is 1.80 bits per heavy atom. The first-order valence-electron chi connectivity index (χ1n) is 6.82. The molecule has 0 spiro atoms. The van der Waals surface area contributed by atoms with E-state index >= 15 is 0 Å². The lowest BCUT2D eigenvalue weighted by Crippen LogP contribution is -2.21. The van der Waals surface area contributed by atoms with Gasteiger partial charge in [0.15, 0.2) is 6.61 Å². The van der Waals surface area contributed by atoms with Gasteiger partial charge in [-0.05, 0) is 42.5 Å². The zero-order chi connectivity index (χ0) is 18.4. The van der Waals surface area contributed by atoms with Gasteiger partial charge in [0.2, 0.25) is 0 Å². The highest BCUT2D eigenvalue weighted by Gasteiger charge is 2.13. The highest BCUT2D eigenvalue weighted by Crippen LogP contribution is 2.19. The van der Waals surface area contributed by atoms with Gasteiger partial charge in [0.05, 0.1) is 11.3 Å². The molecule has 1 amide bonds. The summed E-state index contributed by atoms with van der Waals surface area (Å²) in [5, 5.41) is 2.26. The maximum absolute atomic E-state index is 13.6. The van der Waals surface area contributed by atoms with Gasteiger partial charge in [0.1, 0.15) is 11.6 Å². The Bertz CT molecular complexity index is 768. The lowest BCUT2D eigenvalue weighted by atomic mass is 10.2. The summed E-state index contributed by atoms with van der Waals surface area (Å²) in [4.78, 5) is 23.5. The van der Waals surface area contributed by atoms with Gasteiger partial charge in [-0.25, -0.2) is 9.18 Å². The summed E-state index contributed by atoms with van der Waals surface area (Å²) in [7, 11) is 0. The predicted molar refractivity (Wildman–Crippen MR) is 86.1 cm³/mol. The summed E-state index contributed by atoms with van der Waals surface area (Å²) < 4.78 is 47.1. The molecule has 25 heavy (non-hydrogen) atoms. The van der Waals surface area contributed by atoms with Crippen molar-refractivity contribution in [2.75, 3.05) is 11.9 Å². The van der Waals surface area contributed by atoms with Crippen LogP contribution >= 0.6 is 15.9 Å². The molecule has 0 aromatic heterocycles. The summed E-state index contributed by atoms with van der Waals surface area (Å²) in [6.07, 6.45) is 0. The van der Waals surface area contributed by atoms with Crippen molar-refractivity contribution >= 4 is 33.5 Å². The number of benzene rings is 2. The molecule has 0 fully saturated rings. The first kappa shape index (κ1) is 18.8. The fraction of sp³-hybridized carbons (Fsp3) is 0.125. The van der Waals surface area contributed by atoms with Crippen molar-refractivity contribution in [1.82, 2.24) is 0 Å². The summed E-state index contributed by atoms with van der Waals surface area (Å²) >= 11 is 3.08. The van der Waals surface area contributed by atoms with Crippen LogP contribution < -0.4 is 10.1 Å². The maximum atomic E-state index is 13.6. The number of amides is 1. The highest BCUT2D eigenvalue weighted by molar-refractivity contribution is 9.10. The number of alkyl halides is 2. The number of rotatable bonds is 6. The van der Waals surface area contributed by atoms with E-state index < -0.39 is 30.9 Å². The molecule has 0 saturated carbocycles. The number of carbonyl (C=O) groups excluding carboxylic acids is 2. The molecule has 0 saturated heterocycles. The highest BCUT2D eigenvalue weighted by atomic mass is 79.9. The van der Waals surface area contributed by atoms with Crippen LogP contribution in [-0.4, -0.2) is 25.1 Å². The molecular formula is C16H11BrF3NO4. The third kappa shape index (κ3) is 5.79. The molecule has 0 unspecified atom stereocenters. The van der Waals surface area contributed by atoms with Gasteiger partial charge in [-0.1, -0.05) is 15.9 Å². The molecule has 2 aromatic carbocycles. The summed E-state index contributed by atoms with van der Waals surface area (Å²) in [5.41, 5.74) is -0.0120. The molecule has 9 heteroatoms. The molecule has 0 heterocycles. The zero-order valence-corrected chi connectivity index (χ0v) is 14.1. The topological polar surface area (TPSA) is 64.6 Å². The standard InChI is InChI=1S/C16H11BrF3NO4/c17-10-3-6-13(12(18)7-10)21-14(22)8-24-15(23)9-1-4-11(5-2-9)25-16(19)20/h1-7,16H,8H2,(H,21,22). The van der Waals surface area contributed by atoms with Gasteiger partial charge < -0.3 is 14.8 Å². The van der Waals surface area contributed by atoms with Crippen molar-refractivity contribution in [3.63, 3.8) is 0 Å². The second-order valence-corrected chi connectivity index (χ2v) is 5.57. The Labute approximate surface area is 148 Å². The molecule has 0 aliphatic heterocycles. The Morgan fingerprint density at radius 1 is 1.12 bits per heavy atom. The van der Waals surface area contributed by atoms with E-state index in [1.165, 1.54) is 42.5 Å². The first-order chi connectivity index (χ1) is 11.8. The number of hydrogen-bond donors (Lipinski definition) is 1. The molecule has 0 aliphatic rings. The first-order valence-corrected chi connectivity index (χ1v) is 7.61. The molecule has 2 rings (SSSR count). The SMILES string of the molecule is O=C(COC(=O)c1ccc(OC(F)F)cc1)Nc1ccc(Br)cc1F. The minimum Gasteiger partial charge on any atom is -0.452 e. The quantitative estimate of drug-likeness (QED) is 0.721. The average molecular weight is 418 g/mol. The molecule has 132 valence electrons. The number of ether oxygens (including phenoxy) is 2. The Balaban J connectivity index is 1.87. The Kier molecular flexibility index (Phi) is 6.40. The van der Waals surface area contributed by atoms with E-state index in [0.717, 1.165) is 0 Å². The smallest absolute Gasteiger partial charge is 0.387 e. The Morgan fingerprint density at radius 3 is 2.40 bits per heavy atom. The van der Waals surface area contributed by atoms with Crippen molar-refractivity contribution in [2.24, 2.45) is 0 Å². The molecule has 1 N–H and O–H groups in total. The van der Waals surface area contributed by atoms with E-state index in [2.05, 4.69) is 26.0 Å². The number of nitrogens with one attached hydrogen (secondary N) is 1. The van der Waals surface area contributed by atoms with Crippen LogP contribution in [0.25, 0.3) is 0 Å². The lowest BCUT2D eigenvalue weighted by molar-refractivity contribution is -0.119. The average Bonchev–Trinajstić information content (AvgIpc) is 2.55. The van der Waals surface area contributed by atoms with E-state index in [9.17, 15) is 22.8 Å². The van der Waals surface area contributed by atoms with Crippen molar-refractivity contribution in [3.05, 3.63) is 58.3 Å². The maximum Gasteiger partial charge on any atom is 0.387 e. The molecular weight excluding hydrogens is 407 g/mol. The number of hydrogen-bond acceptors (Lipinski definition) is 4. The minimum atomic E-state index is -2.97. The fourth-order valence-electron chi connectivity index (χ4n) is 1.76. The van der Waals surface area contributed by atoms with Crippen molar-refractivity contribution < 1.29 is 32.2 Å². The van der Waals surface area contributed by atoms with Gasteiger partial charge in [0.25, 0.3) is 5.91 Å². The zero-order valence-electron chi connectivity index (χ0n) is 12.5. The van der Waals surface area contributed by atoms with Gasteiger partial charge >= 0.3 is 12.6 Å². The third-order valence-electron chi connectivity index (χ3n) is 2.85. The number of esters is 1. The summed E-state index contributed by atoms with van der Waals surface area (Å²) in [5.74, 6) is -2.33. The van der Waals surface area contributed by atoms with E-state index in [1.807, 2.05) is 0 Å². The molecule has 0 bridgehead atoms. The number of anilines is 1. The van der Waals surface area contributed by atoms with Crippen molar-refractivity contribution in [3.8, 4) is 5.75 Å². The van der Waals surface area contributed by atoms with Crippen molar-refractivity contribution in [1.29, 1.82) is 0 Å². The van der Waals surface area contributed by atoms with Gasteiger partial charge in [-0.15, -0.1) is 0 Å². The predicted octanol–water partition coefficient (Wildman–Crippen LogP) is 3.99. The molecule has 0 aliphatic carbocycles. The van der Waals surface area contributed by atoms with Crippen LogP contribution in [0.4, 0.5) is 18.9 Å². The fourth-order valence-corrected chi connectivity index (χ4v) is 2.10. The monoisotopic (exact) mass is 417 g/mol. The van der Waals surface area contributed by atoms with Crippen molar-refractivity contribution in [2.45, 2.75) is 6.61 Å². The van der Waals surface area contributed by atoms with E-state index in [-0.39, 0.29) is 17.0 Å². The normalized spacial score (nSPS) is 10.4. The van der Waals surface area contributed by atoms with Gasteiger partial charge in [-0.3, -0.25) is 4.79 Å². The second kappa shape index (κ2) is 8.52. The van der Waals surface area contributed by atoms with Crippen LogP contribution in [0.15, 0.2) is 46.9 Å². The summed E-state index contributed by atoms with van der Waals surface area (Å²) in [6, 6.07) is 8.82. The number of halogens is 4. The van der Waals surface area contributed by atoms with E-state index in [1.54, 1.807) is 0 Å². The van der Waals surface area contributed by atoms with Gasteiger partial charge in [-0.2, -0.15) is 8.78 Å². The molecule has 0 atom stereocenters. The van der Waals surface area contributed by atoms with Crippen LogP contribution in [0.3, 0.4) is 0 Å². The van der Waals surface area contributed by atoms with Crippen LogP contribution in [0.2, 0.25) is 0 Å². The lowest BCUT2D eigenvalue weighted by Gasteiger charge is -2.08. The van der Waals surface area contributed by atoms with Crippen LogP contribution in [0.5, 0.6) is 5.75 Å². The van der Waals surface area contributed by atoms with E-state index in [4.69, 9.17) is 4.74 Å². The van der Waals surface area contributed by atoms with Crippen LogP contribution in [-0.2, 0) is 9.53 Å². The van der Waals surface area contributed by atoms with Gasteiger partial charge in [0, 0.05) is 4.47 Å². The second-order valence-electron chi connectivity index (χ2n) is 4.65. The molecule has 2 aromatic rings. The number of carbonyl (C=O) groups is 2. The molecule has 5 nitrogen and oxygen atoms in total. The summed E-state index contributed by atoms with van der Waals surface area (Å²) in [6.45, 7) is -3.61. The minimum absolute atomic E-state index is 0.0456. The van der Waals surface area contributed by atoms with Crippen LogP contribution in [0, 0.1) is 5.82 Å². The largest absolute Gasteiger partial charge is 0.452 e.